The molecule has 0 spiro atoms. The Hall–Kier alpha value is -7.50. The average molecular weight is 1130 g/mol. The molecule has 0 atom stereocenters. The number of aromatic nitrogens is 8. The van der Waals surface area contributed by atoms with E-state index in [1.54, 1.807) is 59.9 Å². The number of hydrogen-bond donors (Lipinski definition) is 2. The van der Waals surface area contributed by atoms with Crippen LogP contribution in [0.25, 0.3) is 42.9 Å². The summed E-state index contributed by atoms with van der Waals surface area (Å²) >= 11 is 6.29. The van der Waals surface area contributed by atoms with Gasteiger partial charge in [0.05, 0.1) is 88.2 Å². The van der Waals surface area contributed by atoms with Gasteiger partial charge >= 0.3 is 19.1 Å². The second-order valence-corrected chi connectivity index (χ2v) is 19.5. The second kappa shape index (κ2) is 25.8. The maximum absolute atomic E-state index is 13.8. The summed E-state index contributed by atoms with van der Waals surface area (Å²) in [6.07, 6.45) is 17.3. The number of hydrogen-bond acceptors (Lipinski definition) is 16. The molecule has 0 aromatic carbocycles. The Balaban J connectivity index is 0.000000174. The summed E-state index contributed by atoms with van der Waals surface area (Å²) in [5.74, 6) is -0.984. The van der Waals surface area contributed by atoms with Gasteiger partial charge in [0.15, 0.2) is 5.65 Å². The van der Waals surface area contributed by atoms with E-state index in [4.69, 9.17) is 29.0 Å². The Bertz CT molecular complexity index is 3730. The minimum Gasteiger partial charge on any atom is -0.487 e. The number of unbranched alkanes of at least 4 members (excludes halogenated alkanes) is 2. The van der Waals surface area contributed by atoms with Crippen molar-refractivity contribution in [3.63, 3.8) is 0 Å². The second-order valence-electron chi connectivity index (χ2n) is 16.9. The number of thiophene rings is 2. The van der Waals surface area contributed by atoms with Gasteiger partial charge < -0.3 is 37.8 Å². The highest BCUT2D eigenvalue weighted by Crippen LogP contribution is 2.33. The molecular weight excluding hydrogens is 1080 g/mol. The maximum Gasteiger partial charge on any atom is 0.488 e. The molecule has 2 N–H and O–H groups in total. The lowest BCUT2D eigenvalue weighted by atomic mass is 9.81. The lowest BCUT2D eigenvalue weighted by Gasteiger charge is -2.15. The molecule has 0 amide bonds. The van der Waals surface area contributed by atoms with Crippen molar-refractivity contribution in [2.45, 2.75) is 66.5 Å². The summed E-state index contributed by atoms with van der Waals surface area (Å²) in [4.78, 5) is 69.8. The van der Waals surface area contributed by atoms with Gasteiger partial charge in [-0.2, -0.15) is 0 Å². The average Bonchev–Trinajstić information content (AvgIpc) is 4.30. The number of carbonyl (C=O) groups is 2. The first kappa shape index (κ1) is 54.8. The molecule has 0 fully saturated rings. The molecule has 0 aliphatic heterocycles. The predicted molar refractivity (Wildman–Crippen MR) is 298 cm³/mol. The van der Waals surface area contributed by atoms with Gasteiger partial charge in [-0.1, -0.05) is 26.7 Å². The number of imidazole rings is 2. The van der Waals surface area contributed by atoms with E-state index >= 15 is 0 Å². The van der Waals surface area contributed by atoms with Crippen molar-refractivity contribution in [2.24, 2.45) is 0 Å². The van der Waals surface area contributed by atoms with E-state index in [1.807, 2.05) is 94.3 Å². The summed E-state index contributed by atoms with van der Waals surface area (Å²) in [5.41, 5.74) is 6.72. The van der Waals surface area contributed by atoms with Crippen molar-refractivity contribution in [1.29, 1.82) is 0 Å². The quantitative estimate of drug-likeness (QED) is 0.0467. The molecule has 10 heterocycles. The molecule has 0 aliphatic rings. The molecule has 0 saturated carbocycles. The van der Waals surface area contributed by atoms with Crippen molar-refractivity contribution in [3.05, 3.63) is 169 Å². The minimum atomic E-state index is -1.38. The van der Waals surface area contributed by atoms with Crippen LogP contribution in [0.2, 0.25) is 0 Å². The van der Waals surface area contributed by atoms with E-state index in [0.29, 0.717) is 39.1 Å². The van der Waals surface area contributed by atoms with Crippen LogP contribution in [0, 0.1) is 0 Å². The Morgan fingerprint density at radius 2 is 1.12 bits per heavy atom. The zero-order chi connectivity index (χ0) is 53.7. The van der Waals surface area contributed by atoms with Gasteiger partial charge in [-0.15, -0.1) is 22.7 Å². The molecule has 0 radical (unpaired) electrons. The first-order chi connectivity index (χ1) is 37.0. The number of fused-ring (bicyclic) bond motifs is 4. The molecular formula is C54H54BBrN8O10S2. The number of nitrogens with zero attached hydrogens (tertiary/aromatic N) is 8. The summed E-state index contributed by atoms with van der Waals surface area (Å²) in [6.45, 7) is 9.26. The first-order valence-electron chi connectivity index (χ1n) is 24.6. The molecule has 10 aromatic rings. The van der Waals surface area contributed by atoms with Crippen LogP contribution in [-0.4, -0.2) is 93.4 Å². The van der Waals surface area contributed by atoms with Gasteiger partial charge in [-0.25, -0.2) is 19.6 Å². The number of carbonyl (C=O) groups excluding carboxylic acids is 2. The lowest BCUT2D eigenvalue weighted by molar-refractivity contribution is 0.0513. The molecule has 18 nitrogen and oxygen atoms in total. The van der Waals surface area contributed by atoms with Crippen molar-refractivity contribution in [2.75, 3.05) is 26.4 Å². The Labute approximate surface area is 453 Å². The van der Waals surface area contributed by atoms with Gasteiger partial charge in [-0.3, -0.25) is 28.7 Å². The fourth-order valence-corrected chi connectivity index (χ4v) is 10.5. The number of esters is 2. The fraction of sp³-hybridized carbons (Fsp3) is 0.259. The molecule has 0 aliphatic carbocycles. The zero-order valence-electron chi connectivity index (χ0n) is 42.1. The Morgan fingerprint density at radius 3 is 1.59 bits per heavy atom. The molecule has 10 rings (SSSR count). The van der Waals surface area contributed by atoms with Crippen molar-refractivity contribution < 1.29 is 38.6 Å². The number of pyridine rings is 6. The minimum absolute atomic E-state index is 0.0446. The van der Waals surface area contributed by atoms with Crippen LogP contribution >= 0.6 is 38.6 Å². The highest BCUT2D eigenvalue weighted by Gasteiger charge is 2.28. The van der Waals surface area contributed by atoms with Crippen LogP contribution in [0.5, 0.6) is 11.5 Å². The maximum atomic E-state index is 13.8. The van der Waals surface area contributed by atoms with Crippen molar-refractivity contribution >= 4 is 94.9 Å². The summed E-state index contributed by atoms with van der Waals surface area (Å²) in [7, 11) is -1.38. The third-order valence-corrected chi connectivity index (χ3v) is 14.4. The van der Waals surface area contributed by atoms with Crippen LogP contribution in [0.1, 0.15) is 85.5 Å². The van der Waals surface area contributed by atoms with E-state index in [9.17, 15) is 19.2 Å². The summed E-state index contributed by atoms with van der Waals surface area (Å²) in [5, 5.41) is 20.8. The van der Waals surface area contributed by atoms with Gasteiger partial charge in [0.2, 0.25) is 11.5 Å². The normalized spacial score (nSPS) is 11.0. The highest BCUT2D eigenvalue weighted by atomic mass is 79.9. The topological polar surface area (TPSA) is 216 Å². The van der Waals surface area contributed by atoms with E-state index < -0.39 is 19.1 Å². The number of rotatable bonds is 18. The SMILES string of the molecule is CCCCOc1c(C(=O)OCC)c2sccc2n(Cc2cnc3c(-c4ccncc4)cccn23)c1=O.CCCCOc1c(C(=O)OCC)c2sccc2n(Cc2cnc3c(Br)cccn23)c1=O.OB(O)c1ccncc1. The van der Waals surface area contributed by atoms with E-state index in [1.165, 1.54) is 35.1 Å². The molecule has 0 bridgehead atoms. The fourth-order valence-electron chi connectivity index (χ4n) is 8.22. The zero-order valence-corrected chi connectivity index (χ0v) is 45.3. The summed E-state index contributed by atoms with van der Waals surface area (Å²) < 4.78 is 31.7. The van der Waals surface area contributed by atoms with Gasteiger partial charge in [0.1, 0.15) is 16.8 Å². The van der Waals surface area contributed by atoms with Crippen LogP contribution < -0.4 is 26.1 Å². The molecule has 0 unspecified atom stereocenters. The summed E-state index contributed by atoms with van der Waals surface area (Å²) in [6, 6.07) is 18.5. The lowest BCUT2D eigenvalue weighted by Crippen LogP contribution is -2.29. The molecule has 392 valence electrons. The standard InChI is InChI=1S/C27H26N4O4S.C22H22BrN3O4S.C5H6BNO2/c1-3-5-14-35-23-22(27(33)34-4-2)24-21(10-15-36-24)31(26(23)32)17-19-16-29-25-20(7-6-13-30(19)25)18-8-11-28-12-9-18;1-3-5-10-30-18-17(22(28)29-4-2)19-16(8-11-31-19)26(21(18)27)13-14-12-24-20-15(23)7-6-9-25(14)20;8-6(9)5-1-3-7-4-2-5/h6-13,15-16H,3-5,14,17H2,1-2H3;6-9,11-12H,3-5,10,13H2,1-2H3;1-4,8-9H. The van der Waals surface area contributed by atoms with Crippen molar-refractivity contribution in [3.8, 4) is 22.6 Å². The van der Waals surface area contributed by atoms with Crippen LogP contribution in [0.4, 0.5) is 0 Å². The Morgan fingerprint density at radius 1 is 0.645 bits per heavy atom. The van der Waals surface area contributed by atoms with Crippen molar-refractivity contribution in [1.82, 2.24) is 37.9 Å². The van der Waals surface area contributed by atoms with Crippen LogP contribution in [-0.2, 0) is 22.6 Å². The monoisotopic (exact) mass is 1130 g/mol. The van der Waals surface area contributed by atoms with Gasteiger partial charge in [0.25, 0.3) is 11.1 Å². The van der Waals surface area contributed by atoms with Crippen LogP contribution in [0.3, 0.4) is 0 Å². The van der Waals surface area contributed by atoms with Crippen LogP contribution in [0.15, 0.2) is 135 Å². The number of halogens is 1. The van der Waals surface area contributed by atoms with E-state index in [-0.39, 0.29) is 60.0 Å². The predicted octanol–water partition coefficient (Wildman–Crippen LogP) is 8.82. The molecule has 76 heavy (non-hydrogen) atoms. The smallest absolute Gasteiger partial charge is 0.487 e. The van der Waals surface area contributed by atoms with Gasteiger partial charge in [0, 0.05) is 42.7 Å². The third-order valence-electron chi connectivity index (χ3n) is 11.9. The number of ether oxygens (including phenoxy) is 4. The highest BCUT2D eigenvalue weighted by molar-refractivity contribution is 9.10. The van der Waals surface area contributed by atoms with E-state index in [2.05, 4.69) is 35.9 Å². The largest absolute Gasteiger partial charge is 0.488 e. The third kappa shape index (κ3) is 12.0. The Kier molecular flexibility index (Phi) is 18.6. The van der Waals surface area contributed by atoms with Gasteiger partial charge in [-0.05, 0) is 125 Å². The molecule has 22 heteroatoms. The molecule has 0 saturated heterocycles. The first-order valence-corrected chi connectivity index (χ1v) is 27.2. The van der Waals surface area contributed by atoms with E-state index in [0.717, 1.165) is 64.0 Å². The molecule has 10 aromatic heterocycles.